The van der Waals surface area contributed by atoms with Gasteiger partial charge in [-0.1, -0.05) is 6.07 Å². The number of morpholine rings is 1. The highest BCUT2D eigenvalue weighted by Crippen LogP contribution is 2.33. The Morgan fingerprint density at radius 2 is 1.74 bits per heavy atom. The lowest BCUT2D eigenvalue weighted by atomic mass is 9.94. The number of benzene rings is 2. The predicted molar refractivity (Wildman–Crippen MR) is 176 cm³/mol. The quantitative estimate of drug-likeness (QED) is 0.286. The molecular formula is C35H50N4O7. The van der Waals surface area contributed by atoms with E-state index >= 15 is 0 Å². The molecular weight excluding hydrogens is 588 g/mol. The number of nitrogens with one attached hydrogen (secondary N) is 1. The van der Waals surface area contributed by atoms with Crippen LogP contribution in [0.15, 0.2) is 42.5 Å². The van der Waals surface area contributed by atoms with Crippen LogP contribution in [0, 0.1) is 11.8 Å². The van der Waals surface area contributed by atoms with Gasteiger partial charge >= 0.3 is 6.09 Å². The fourth-order valence-electron chi connectivity index (χ4n) is 6.21. The number of nitrogens with zero attached hydrogens (tertiary/aromatic N) is 3. The number of ether oxygens (including phenoxy) is 5. The van der Waals surface area contributed by atoms with Crippen LogP contribution in [0.25, 0.3) is 0 Å². The van der Waals surface area contributed by atoms with Crippen molar-refractivity contribution in [3.05, 3.63) is 48.0 Å². The second kappa shape index (κ2) is 16.3. The molecule has 0 spiro atoms. The van der Waals surface area contributed by atoms with Gasteiger partial charge in [0.1, 0.15) is 5.75 Å². The van der Waals surface area contributed by atoms with Crippen LogP contribution < -0.4 is 24.4 Å². The lowest BCUT2D eigenvalue weighted by Crippen LogP contribution is -2.45. The number of anilines is 1. The molecule has 1 N–H and O–H groups in total. The van der Waals surface area contributed by atoms with Crippen LogP contribution in [0.2, 0.25) is 0 Å². The van der Waals surface area contributed by atoms with E-state index in [1.807, 2.05) is 47.9 Å². The Labute approximate surface area is 273 Å². The molecule has 0 unspecified atom stereocenters. The fourth-order valence-corrected chi connectivity index (χ4v) is 6.21. The molecule has 1 saturated carbocycles. The van der Waals surface area contributed by atoms with Crippen LogP contribution in [0.1, 0.15) is 43.5 Å². The Hall–Kier alpha value is -3.54. The second-order valence-corrected chi connectivity index (χ2v) is 12.6. The highest BCUT2D eigenvalue weighted by atomic mass is 16.6. The van der Waals surface area contributed by atoms with E-state index in [9.17, 15) is 9.59 Å². The number of hydrogen-bond donors (Lipinski definition) is 1. The van der Waals surface area contributed by atoms with Crippen LogP contribution in [-0.4, -0.2) is 114 Å². The summed E-state index contributed by atoms with van der Waals surface area (Å²) in [6.07, 6.45) is 2.40. The smallest absolute Gasteiger partial charge is 0.415 e. The minimum atomic E-state index is -0.305. The van der Waals surface area contributed by atoms with Crippen LogP contribution in [0.3, 0.4) is 0 Å². The molecule has 2 saturated heterocycles. The van der Waals surface area contributed by atoms with E-state index < -0.39 is 0 Å². The van der Waals surface area contributed by atoms with E-state index in [4.69, 9.17) is 23.7 Å². The highest BCUT2D eigenvalue weighted by Gasteiger charge is 2.39. The molecule has 0 radical (unpaired) electrons. The molecule has 5 rings (SSSR count). The number of hydrogen-bond acceptors (Lipinski definition) is 9. The van der Waals surface area contributed by atoms with Crippen molar-refractivity contribution in [2.75, 3.05) is 84.8 Å². The summed E-state index contributed by atoms with van der Waals surface area (Å²) in [6.45, 7) is 10.9. The molecule has 11 nitrogen and oxygen atoms in total. The number of methoxy groups -OCH3 is 2. The molecule has 2 aliphatic heterocycles. The van der Waals surface area contributed by atoms with Gasteiger partial charge in [0.05, 0.1) is 26.9 Å². The van der Waals surface area contributed by atoms with Crippen molar-refractivity contribution >= 4 is 17.7 Å². The van der Waals surface area contributed by atoms with Crippen molar-refractivity contribution in [1.29, 1.82) is 0 Å². The number of rotatable bonds is 15. The fraction of sp³-hybridized carbons (Fsp3) is 0.600. The van der Waals surface area contributed by atoms with Gasteiger partial charge in [0.2, 0.25) is 0 Å². The van der Waals surface area contributed by atoms with Crippen LogP contribution in [-0.2, 0) is 9.47 Å². The number of carbonyl (C=O) groups is 2. The zero-order valence-corrected chi connectivity index (χ0v) is 27.7. The average Bonchev–Trinajstić information content (AvgIpc) is 3.82. The zero-order valence-electron chi connectivity index (χ0n) is 27.7. The zero-order chi connectivity index (χ0) is 32.5. The third kappa shape index (κ3) is 8.83. The van der Waals surface area contributed by atoms with Crippen molar-refractivity contribution in [1.82, 2.24) is 15.1 Å². The minimum absolute atomic E-state index is 0.00911. The highest BCUT2D eigenvalue weighted by molar-refractivity contribution is 5.95. The predicted octanol–water partition coefficient (Wildman–Crippen LogP) is 4.30. The molecule has 2 amide bonds. The van der Waals surface area contributed by atoms with Gasteiger partial charge in [-0.05, 0) is 68.9 Å². The Balaban J connectivity index is 1.23. The molecule has 2 atom stereocenters. The van der Waals surface area contributed by atoms with E-state index in [1.54, 1.807) is 32.4 Å². The topological polar surface area (TPSA) is 102 Å². The van der Waals surface area contributed by atoms with E-state index in [-0.39, 0.29) is 35.9 Å². The standard InChI is InChI=1S/C35H50N4O7/c1-25(2)38(34(40)26-9-12-32(43-4)33(19-26)45-16-6-15-42-3)23-27-21-36-22-28(27)24-39(29-10-11-29)35(41)46-31-8-5-7-30(20-31)37-13-17-44-18-14-37/h5,7-9,12,19-20,25,27-29,36H,6,10-11,13-18,21-24H2,1-4H3/t27-,28-/m0/s1. The largest absolute Gasteiger partial charge is 0.493 e. The summed E-state index contributed by atoms with van der Waals surface area (Å²) in [6, 6.07) is 13.3. The van der Waals surface area contributed by atoms with Gasteiger partial charge in [-0.25, -0.2) is 4.79 Å². The summed E-state index contributed by atoms with van der Waals surface area (Å²) in [5, 5.41) is 3.52. The van der Waals surface area contributed by atoms with Crippen LogP contribution in [0.4, 0.5) is 10.5 Å². The third-order valence-electron chi connectivity index (χ3n) is 9.01. The summed E-state index contributed by atoms with van der Waals surface area (Å²) >= 11 is 0. The molecule has 0 bridgehead atoms. The summed E-state index contributed by atoms with van der Waals surface area (Å²) in [4.78, 5) is 33.5. The van der Waals surface area contributed by atoms with Crippen molar-refractivity contribution < 1.29 is 33.3 Å². The molecule has 0 aromatic heterocycles. The number of carbonyl (C=O) groups excluding carboxylic acids is 2. The molecule has 2 heterocycles. The monoisotopic (exact) mass is 638 g/mol. The second-order valence-electron chi connectivity index (χ2n) is 12.6. The molecule has 46 heavy (non-hydrogen) atoms. The first-order valence-corrected chi connectivity index (χ1v) is 16.6. The van der Waals surface area contributed by atoms with Gasteiger partial charge < -0.3 is 43.7 Å². The summed E-state index contributed by atoms with van der Waals surface area (Å²) in [7, 11) is 3.25. The molecule has 1 aliphatic carbocycles. The van der Waals surface area contributed by atoms with E-state index in [1.165, 1.54) is 0 Å². The minimum Gasteiger partial charge on any atom is -0.493 e. The molecule has 2 aromatic carbocycles. The van der Waals surface area contributed by atoms with Gasteiger partial charge in [0.25, 0.3) is 5.91 Å². The van der Waals surface area contributed by atoms with E-state index in [0.29, 0.717) is 62.3 Å². The first-order chi connectivity index (χ1) is 22.4. The van der Waals surface area contributed by atoms with Gasteiger partial charge in [-0.2, -0.15) is 0 Å². The Morgan fingerprint density at radius 1 is 0.978 bits per heavy atom. The first kappa shape index (κ1) is 33.8. The molecule has 3 aliphatic rings. The van der Waals surface area contributed by atoms with Crippen LogP contribution in [0.5, 0.6) is 17.2 Å². The maximum atomic E-state index is 13.9. The van der Waals surface area contributed by atoms with Gasteiger partial charge in [-0.15, -0.1) is 0 Å². The third-order valence-corrected chi connectivity index (χ3v) is 9.01. The molecule has 252 valence electrons. The van der Waals surface area contributed by atoms with Crippen LogP contribution >= 0.6 is 0 Å². The summed E-state index contributed by atoms with van der Waals surface area (Å²) < 4.78 is 28.0. The number of amides is 2. The maximum Gasteiger partial charge on any atom is 0.415 e. The maximum absolute atomic E-state index is 13.9. The Kier molecular flexibility index (Phi) is 12.0. The first-order valence-electron chi connectivity index (χ1n) is 16.6. The SMILES string of the molecule is COCCCOc1cc(C(=O)N(C[C@@H]2CNC[C@H]2CN(C(=O)Oc2cccc(N3CCOCC3)c2)C2CC2)C(C)C)ccc1OC. The van der Waals surface area contributed by atoms with Crippen molar-refractivity contribution in [2.45, 2.75) is 45.2 Å². The lowest BCUT2D eigenvalue weighted by Gasteiger charge is -2.33. The Bertz CT molecular complexity index is 1300. The molecule has 11 heteroatoms. The van der Waals surface area contributed by atoms with Gasteiger partial charge in [0.15, 0.2) is 11.5 Å². The normalized spacial score (nSPS) is 19.6. The van der Waals surface area contributed by atoms with Gasteiger partial charge in [0, 0.05) is 88.8 Å². The average molecular weight is 639 g/mol. The molecule has 3 fully saturated rings. The van der Waals surface area contributed by atoms with Crippen molar-refractivity contribution in [3.8, 4) is 17.2 Å². The van der Waals surface area contributed by atoms with Crippen molar-refractivity contribution in [2.24, 2.45) is 11.8 Å². The van der Waals surface area contributed by atoms with E-state index in [0.717, 1.165) is 51.1 Å². The Morgan fingerprint density at radius 3 is 2.43 bits per heavy atom. The molecule has 2 aromatic rings. The van der Waals surface area contributed by atoms with Gasteiger partial charge in [-0.3, -0.25) is 4.79 Å². The van der Waals surface area contributed by atoms with Crippen molar-refractivity contribution in [3.63, 3.8) is 0 Å². The van der Waals surface area contributed by atoms with E-state index in [2.05, 4.69) is 10.2 Å². The summed E-state index contributed by atoms with van der Waals surface area (Å²) in [5.74, 6) is 2.01. The lowest BCUT2D eigenvalue weighted by molar-refractivity contribution is 0.0648. The summed E-state index contributed by atoms with van der Waals surface area (Å²) in [5.41, 5.74) is 1.59.